The molecule has 3 heteroatoms. The summed E-state index contributed by atoms with van der Waals surface area (Å²) in [6, 6.07) is 19.9. The fourth-order valence-electron chi connectivity index (χ4n) is 2.62. The molecule has 2 nitrogen and oxygen atoms in total. The fourth-order valence-corrected chi connectivity index (χ4v) is 2.93. The second-order valence-corrected chi connectivity index (χ2v) is 5.99. The minimum atomic E-state index is 0.183. The van der Waals surface area contributed by atoms with Crippen LogP contribution in [0.25, 0.3) is 0 Å². The van der Waals surface area contributed by atoms with Crippen LogP contribution in [-0.4, -0.2) is 12.4 Å². The van der Waals surface area contributed by atoms with E-state index in [0.29, 0.717) is 0 Å². The van der Waals surface area contributed by atoms with E-state index in [9.17, 15) is 0 Å². The molecule has 23 heavy (non-hydrogen) atoms. The van der Waals surface area contributed by atoms with Gasteiger partial charge >= 0.3 is 0 Å². The van der Waals surface area contributed by atoms with Gasteiger partial charge in [-0.15, -0.1) is 0 Å². The predicted octanol–water partition coefficient (Wildman–Crippen LogP) is 6.08. The quantitative estimate of drug-likeness (QED) is 0.609. The number of aliphatic imine (C=N–C) groups is 2. The van der Waals surface area contributed by atoms with Crippen molar-refractivity contribution in [1.82, 2.24) is 0 Å². The molecule has 2 aromatic carbocycles. The number of hydrogen-bond acceptors (Lipinski definition) is 2. The molecule has 0 amide bonds. The molecule has 0 bridgehead atoms. The summed E-state index contributed by atoms with van der Waals surface area (Å²) >= 11 is 6.58. The summed E-state index contributed by atoms with van der Waals surface area (Å²) < 4.78 is 0. The van der Waals surface area contributed by atoms with Crippen molar-refractivity contribution in [2.75, 3.05) is 0 Å². The Kier molecular flexibility index (Phi) is 5.38. The van der Waals surface area contributed by atoms with Gasteiger partial charge in [0.05, 0.1) is 11.4 Å². The molecule has 0 saturated heterocycles. The van der Waals surface area contributed by atoms with Gasteiger partial charge in [0, 0.05) is 23.4 Å². The minimum absolute atomic E-state index is 0.183. The van der Waals surface area contributed by atoms with Crippen molar-refractivity contribution in [1.29, 1.82) is 0 Å². The van der Waals surface area contributed by atoms with Gasteiger partial charge < -0.3 is 0 Å². The van der Waals surface area contributed by atoms with Gasteiger partial charge in [0.2, 0.25) is 0 Å². The molecule has 1 unspecified atom stereocenters. The van der Waals surface area contributed by atoms with E-state index in [1.165, 1.54) is 0 Å². The maximum absolute atomic E-state index is 6.58. The highest BCUT2D eigenvalue weighted by Crippen LogP contribution is 2.32. The van der Waals surface area contributed by atoms with E-state index in [0.717, 1.165) is 41.2 Å². The third kappa shape index (κ3) is 4.40. The summed E-state index contributed by atoms with van der Waals surface area (Å²) in [6.45, 7) is 0. The molecule has 0 heterocycles. The summed E-state index contributed by atoms with van der Waals surface area (Å²) in [5.74, 6) is 0.183. The van der Waals surface area contributed by atoms with Gasteiger partial charge in [-0.05, 0) is 49.1 Å². The van der Waals surface area contributed by atoms with Gasteiger partial charge in [-0.1, -0.05) is 48.0 Å². The maximum atomic E-state index is 6.58. The molecule has 1 aliphatic rings. The lowest BCUT2D eigenvalue weighted by Gasteiger charge is -2.20. The van der Waals surface area contributed by atoms with Crippen LogP contribution in [0, 0.1) is 5.92 Å². The van der Waals surface area contributed by atoms with Gasteiger partial charge in [0.1, 0.15) is 0 Å². The number of para-hydroxylation sites is 2. The average Bonchev–Trinajstić information content (AvgIpc) is 2.61. The molecule has 1 atom stereocenters. The van der Waals surface area contributed by atoms with Crippen LogP contribution in [-0.2, 0) is 0 Å². The number of halogens is 1. The van der Waals surface area contributed by atoms with Crippen LogP contribution in [0.15, 0.2) is 81.3 Å². The Morgan fingerprint density at radius 2 is 1.48 bits per heavy atom. The number of rotatable bonds is 4. The van der Waals surface area contributed by atoms with Gasteiger partial charge in [-0.3, -0.25) is 9.98 Å². The zero-order valence-electron chi connectivity index (χ0n) is 12.9. The zero-order chi connectivity index (χ0) is 15.9. The van der Waals surface area contributed by atoms with Crippen LogP contribution in [0.2, 0.25) is 0 Å². The van der Waals surface area contributed by atoms with Crippen molar-refractivity contribution in [3.63, 3.8) is 0 Å². The normalized spacial score (nSPS) is 18.9. The van der Waals surface area contributed by atoms with Gasteiger partial charge in [0.15, 0.2) is 0 Å². The van der Waals surface area contributed by atoms with Crippen LogP contribution in [0.5, 0.6) is 0 Å². The van der Waals surface area contributed by atoms with E-state index < -0.39 is 0 Å². The third-order valence-electron chi connectivity index (χ3n) is 3.88. The second-order valence-electron chi connectivity index (χ2n) is 5.58. The molecule has 0 saturated carbocycles. The molecule has 0 spiro atoms. The Hall–Kier alpha value is -2.19. The van der Waals surface area contributed by atoms with E-state index >= 15 is 0 Å². The topological polar surface area (TPSA) is 24.7 Å². The predicted molar refractivity (Wildman–Crippen MR) is 99.4 cm³/mol. The number of nitrogens with zero attached hydrogens (tertiary/aromatic N) is 2. The number of allylic oxidation sites excluding steroid dienone is 2. The van der Waals surface area contributed by atoms with E-state index in [2.05, 4.69) is 9.98 Å². The first-order chi connectivity index (χ1) is 11.3. The molecule has 0 aliphatic heterocycles. The Balaban J connectivity index is 1.75. The molecule has 0 radical (unpaired) electrons. The first-order valence-electron chi connectivity index (χ1n) is 7.90. The highest BCUT2D eigenvalue weighted by molar-refractivity contribution is 6.32. The van der Waals surface area contributed by atoms with Crippen LogP contribution in [0.3, 0.4) is 0 Å². The fraction of sp³-hybridized carbons (Fsp3) is 0.200. The summed E-state index contributed by atoms with van der Waals surface area (Å²) in [7, 11) is 0. The van der Waals surface area contributed by atoms with Crippen molar-refractivity contribution in [3.05, 3.63) is 71.3 Å². The van der Waals surface area contributed by atoms with Crippen LogP contribution >= 0.6 is 11.6 Å². The monoisotopic (exact) mass is 322 g/mol. The molecule has 0 fully saturated rings. The third-order valence-corrected chi connectivity index (χ3v) is 4.40. The summed E-state index contributed by atoms with van der Waals surface area (Å²) in [5.41, 5.74) is 3.03. The summed E-state index contributed by atoms with van der Waals surface area (Å²) in [4.78, 5) is 9.07. The molecule has 0 aromatic heterocycles. The Labute approximate surface area is 142 Å². The summed E-state index contributed by atoms with van der Waals surface area (Å²) in [6.07, 6.45) is 6.99. The largest absolute Gasteiger partial charge is 0.261 e. The van der Waals surface area contributed by atoms with E-state index in [1.807, 2.05) is 73.1 Å². The van der Waals surface area contributed by atoms with Gasteiger partial charge in [-0.2, -0.15) is 0 Å². The van der Waals surface area contributed by atoms with Crippen molar-refractivity contribution in [3.8, 4) is 0 Å². The van der Waals surface area contributed by atoms with E-state index in [1.54, 1.807) is 0 Å². The molecule has 2 aromatic rings. The maximum Gasteiger partial charge on any atom is 0.0629 e. The standard InChI is InChI=1S/C20H19ClN2/c21-20-16(14-22-18-10-3-1-4-11-18)8-7-9-17(20)15-23-19-12-5-2-6-13-19/h1-6,10-16H,7-9H2. The molecular weight excluding hydrogens is 304 g/mol. The molecule has 3 rings (SSSR count). The minimum Gasteiger partial charge on any atom is -0.261 e. The first-order valence-corrected chi connectivity index (χ1v) is 8.27. The average molecular weight is 323 g/mol. The smallest absolute Gasteiger partial charge is 0.0629 e. The lowest BCUT2D eigenvalue weighted by molar-refractivity contribution is 0.644. The van der Waals surface area contributed by atoms with Gasteiger partial charge in [0.25, 0.3) is 0 Å². The first kappa shape index (κ1) is 15.7. The molecular formula is C20H19ClN2. The van der Waals surface area contributed by atoms with Crippen LogP contribution < -0.4 is 0 Å². The highest BCUT2D eigenvalue weighted by atomic mass is 35.5. The summed E-state index contributed by atoms with van der Waals surface area (Å²) in [5, 5.41) is 0.871. The SMILES string of the molecule is ClC1=C(C=Nc2ccccc2)CCCC1C=Nc1ccccc1. The Morgan fingerprint density at radius 1 is 0.870 bits per heavy atom. The van der Waals surface area contributed by atoms with Crippen molar-refractivity contribution >= 4 is 35.4 Å². The highest BCUT2D eigenvalue weighted by Gasteiger charge is 2.19. The lowest BCUT2D eigenvalue weighted by Crippen LogP contribution is -2.11. The molecule has 1 aliphatic carbocycles. The van der Waals surface area contributed by atoms with Crippen LogP contribution in [0.1, 0.15) is 19.3 Å². The Morgan fingerprint density at radius 3 is 2.13 bits per heavy atom. The Bertz CT molecular complexity index is 718. The number of hydrogen-bond donors (Lipinski definition) is 0. The van der Waals surface area contributed by atoms with Crippen LogP contribution in [0.4, 0.5) is 11.4 Å². The zero-order valence-corrected chi connectivity index (χ0v) is 13.7. The number of benzene rings is 2. The van der Waals surface area contributed by atoms with Crippen molar-refractivity contribution in [2.24, 2.45) is 15.9 Å². The van der Waals surface area contributed by atoms with E-state index in [-0.39, 0.29) is 5.92 Å². The van der Waals surface area contributed by atoms with Gasteiger partial charge in [-0.25, -0.2) is 0 Å². The second kappa shape index (κ2) is 7.89. The molecule has 116 valence electrons. The van der Waals surface area contributed by atoms with Crippen molar-refractivity contribution < 1.29 is 0 Å². The van der Waals surface area contributed by atoms with Crippen molar-refractivity contribution in [2.45, 2.75) is 19.3 Å². The van der Waals surface area contributed by atoms with E-state index in [4.69, 9.17) is 11.6 Å². The molecule has 0 N–H and O–H groups in total. The lowest BCUT2D eigenvalue weighted by atomic mass is 9.91.